The van der Waals surface area contributed by atoms with Crippen molar-refractivity contribution in [1.29, 1.82) is 0 Å². The number of hydrogen-bond acceptors (Lipinski definition) is 3. The Morgan fingerprint density at radius 2 is 2.15 bits per heavy atom. The fraction of sp³-hybridized carbons (Fsp3) is 0.733. The number of ether oxygens (including phenoxy) is 1. The predicted molar refractivity (Wildman–Crippen MR) is 76.4 cm³/mol. The molecule has 0 aromatic rings. The van der Waals surface area contributed by atoms with Crippen LogP contribution in [0.25, 0.3) is 0 Å². The van der Waals surface area contributed by atoms with Crippen molar-refractivity contribution in [3.8, 4) is 0 Å². The molecule has 5 nitrogen and oxygen atoms in total. The summed E-state index contributed by atoms with van der Waals surface area (Å²) in [6.07, 6.45) is 5.10. The maximum absolute atomic E-state index is 11.7. The van der Waals surface area contributed by atoms with Crippen molar-refractivity contribution in [3.63, 3.8) is 0 Å². The van der Waals surface area contributed by atoms with Gasteiger partial charge in [0, 0.05) is 0 Å². The Balaban J connectivity index is 2.34. The largest absolute Gasteiger partial charge is 0.480 e. The van der Waals surface area contributed by atoms with E-state index in [0.717, 1.165) is 25.7 Å². The second-order valence-electron chi connectivity index (χ2n) is 6.44. The number of carboxylic acids is 1. The number of alkyl carbamates (subject to hydrolysis) is 1. The third-order valence-corrected chi connectivity index (χ3v) is 3.47. The number of allylic oxidation sites excluding steroid dienone is 1. The maximum atomic E-state index is 11.7. The van der Waals surface area contributed by atoms with Crippen LogP contribution in [-0.4, -0.2) is 29.3 Å². The SMILES string of the molecule is C=CCCCC1C[C@H]1OC(=O)N[C@H](C(=O)O)C(C)(C)C. The Hall–Kier alpha value is -1.52. The van der Waals surface area contributed by atoms with Gasteiger partial charge in [-0.1, -0.05) is 26.8 Å². The van der Waals surface area contributed by atoms with Crippen LogP contribution in [0.15, 0.2) is 12.7 Å². The summed E-state index contributed by atoms with van der Waals surface area (Å²) in [6, 6.07) is -0.951. The zero-order valence-corrected chi connectivity index (χ0v) is 12.5. The number of carbonyl (C=O) groups is 2. The van der Waals surface area contributed by atoms with Crippen LogP contribution < -0.4 is 5.32 Å². The first-order valence-electron chi connectivity index (χ1n) is 7.06. The number of rotatable bonds is 7. The van der Waals surface area contributed by atoms with Gasteiger partial charge in [0.1, 0.15) is 12.1 Å². The van der Waals surface area contributed by atoms with Crippen LogP contribution >= 0.6 is 0 Å². The highest BCUT2D eigenvalue weighted by Crippen LogP contribution is 2.38. The molecule has 1 aliphatic rings. The van der Waals surface area contributed by atoms with E-state index in [4.69, 9.17) is 9.84 Å². The van der Waals surface area contributed by atoms with Crippen molar-refractivity contribution in [2.45, 2.75) is 58.6 Å². The van der Waals surface area contributed by atoms with Crippen LogP contribution in [0.5, 0.6) is 0 Å². The van der Waals surface area contributed by atoms with E-state index in [9.17, 15) is 9.59 Å². The second-order valence-corrected chi connectivity index (χ2v) is 6.44. The van der Waals surface area contributed by atoms with Crippen LogP contribution in [0.2, 0.25) is 0 Å². The number of carbonyl (C=O) groups excluding carboxylic acids is 1. The van der Waals surface area contributed by atoms with E-state index in [-0.39, 0.29) is 6.10 Å². The summed E-state index contributed by atoms with van der Waals surface area (Å²) in [5, 5.41) is 11.6. The molecule has 1 fully saturated rings. The van der Waals surface area contributed by atoms with Crippen LogP contribution in [0, 0.1) is 11.3 Å². The Morgan fingerprint density at radius 3 is 2.65 bits per heavy atom. The van der Waals surface area contributed by atoms with Crippen LogP contribution in [0.3, 0.4) is 0 Å². The first-order chi connectivity index (χ1) is 9.25. The summed E-state index contributed by atoms with van der Waals surface area (Å²) in [5.74, 6) is -0.633. The molecule has 0 heterocycles. The minimum Gasteiger partial charge on any atom is -0.480 e. The smallest absolute Gasteiger partial charge is 0.408 e. The van der Waals surface area contributed by atoms with E-state index in [1.54, 1.807) is 20.8 Å². The Morgan fingerprint density at radius 1 is 1.50 bits per heavy atom. The fourth-order valence-corrected chi connectivity index (χ4v) is 2.13. The van der Waals surface area contributed by atoms with Gasteiger partial charge in [0.2, 0.25) is 0 Å². The molecule has 0 aromatic carbocycles. The summed E-state index contributed by atoms with van der Waals surface area (Å²) in [5.41, 5.74) is -0.558. The summed E-state index contributed by atoms with van der Waals surface area (Å²) >= 11 is 0. The zero-order valence-electron chi connectivity index (χ0n) is 12.5. The topological polar surface area (TPSA) is 75.6 Å². The van der Waals surface area contributed by atoms with Crippen LogP contribution in [0.4, 0.5) is 4.79 Å². The lowest BCUT2D eigenvalue weighted by atomic mass is 9.87. The molecular formula is C15H25NO4. The zero-order chi connectivity index (χ0) is 15.3. The summed E-state index contributed by atoms with van der Waals surface area (Å²) in [6.45, 7) is 8.96. The Bertz CT molecular complexity index is 373. The first-order valence-corrected chi connectivity index (χ1v) is 7.06. The number of hydrogen-bond donors (Lipinski definition) is 2. The van der Waals surface area contributed by atoms with Gasteiger partial charge in [-0.15, -0.1) is 6.58 Å². The van der Waals surface area contributed by atoms with E-state index in [0.29, 0.717) is 5.92 Å². The van der Waals surface area contributed by atoms with Crippen molar-refractivity contribution in [2.24, 2.45) is 11.3 Å². The fourth-order valence-electron chi connectivity index (χ4n) is 2.13. The molecule has 114 valence electrons. The Labute approximate surface area is 120 Å². The van der Waals surface area contributed by atoms with Crippen molar-refractivity contribution in [2.75, 3.05) is 0 Å². The molecule has 5 heteroatoms. The molecule has 3 atom stereocenters. The molecule has 1 rings (SSSR count). The summed E-state index contributed by atoms with van der Waals surface area (Å²) in [4.78, 5) is 22.9. The van der Waals surface area contributed by atoms with Gasteiger partial charge in [-0.05, 0) is 37.0 Å². The molecule has 0 aromatic heterocycles. The molecule has 0 aliphatic heterocycles. The van der Waals surface area contributed by atoms with Gasteiger partial charge in [-0.2, -0.15) is 0 Å². The second kappa shape index (κ2) is 6.77. The first kappa shape index (κ1) is 16.5. The van der Waals surface area contributed by atoms with Crippen molar-refractivity contribution in [3.05, 3.63) is 12.7 Å². The number of nitrogens with one attached hydrogen (secondary N) is 1. The molecule has 2 N–H and O–H groups in total. The standard InChI is InChI=1S/C15H25NO4/c1-5-6-7-8-10-9-11(10)20-14(19)16-12(13(17)18)15(2,3)4/h5,10-12H,1,6-9H2,2-4H3,(H,16,19)(H,17,18)/t10?,11-,12-/m1/s1. The van der Waals surface area contributed by atoms with Gasteiger partial charge in [-0.3, -0.25) is 0 Å². The molecule has 0 bridgehead atoms. The molecule has 0 radical (unpaired) electrons. The van der Waals surface area contributed by atoms with Gasteiger partial charge in [0.25, 0.3) is 0 Å². The third-order valence-electron chi connectivity index (χ3n) is 3.47. The summed E-state index contributed by atoms with van der Waals surface area (Å²) < 4.78 is 5.24. The number of unbranched alkanes of at least 4 members (excludes halogenated alkanes) is 1. The average molecular weight is 283 g/mol. The average Bonchev–Trinajstić information content (AvgIpc) is 3.03. The molecule has 0 saturated heterocycles. The summed E-state index contributed by atoms with van der Waals surface area (Å²) in [7, 11) is 0. The van der Waals surface area contributed by atoms with Crippen molar-refractivity contribution in [1.82, 2.24) is 5.32 Å². The van der Waals surface area contributed by atoms with Crippen LogP contribution in [-0.2, 0) is 9.53 Å². The number of aliphatic carboxylic acids is 1. The van der Waals surface area contributed by atoms with E-state index in [2.05, 4.69) is 11.9 Å². The monoisotopic (exact) mass is 283 g/mol. The van der Waals surface area contributed by atoms with E-state index in [1.807, 2.05) is 6.08 Å². The lowest BCUT2D eigenvalue weighted by Gasteiger charge is -2.27. The highest BCUT2D eigenvalue weighted by molar-refractivity contribution is 5.80. The molecule has 0 spiro atoms. The molecule has 1 saturated carbocycles. The lowest BCUT2D eigenvalue weighted by Crippen LogP contribution is -2.49. The van der Waals surface area contributed by atoms with Gasteiger partial charge in [0.05, 0.1) is 0 Å². The van der Waals surface area contributed by atoms with E-state index < -0.39 is 23.5 Å². The minimum absolute atomic E-state index is 0.0609. The van der Waals surface area contributed by atoms with Gasteiger partial charge in [-0.25, -0.2) is 9.59 Å². The van der Waals surface area contributed by atoms with Crippen molar-refractivity contribution >= 4 is 12.1 Å². The molecule has 20 heavy (non-hydrogen) atoms. The highest BCUT2D eigenvalue weighted by atomic mass is 16.6. The van der Waals surface area contributed by atoms with Gasteiger partial charge < -0.3 is 15.2 Å². The van der Waals surface area contributed by atoms with E-state index >= 15 is 0 Å². The number of carboxylic acid groups (broad SMARTS) is 1. The normalized spacial score (nSPS) is 22.8. The molecular weight excluding hydrogens is 258 g/mol. The molecule has 1 aliphatic carbocycles. The lowest BCUT2D eigenvalue weighted by molar-refractivity contribution is -0.142. The maximum Gasteiger partial charge on any atom is 0.408 e. The highest BCUT2D eigenvalue weighted by Gasteiger charge is 2.41. The minimum atomic E-state index is -1.05. The van der Waals surface area contributed by atoms with Crippen LogP contribution in [0.1, 0.15) is 46.5 Å². The molecule has 1 unspecified atom stereocenters. The molecule has 1 amide bonds. The van der Waals surface area contributed by atoms with E-state index in [1.165, 1.54) is 0 Å². The quantitative estimate of drug-likeness (QED) is 0.556. The Kier molecular flexibility index (Phi) is 5.60. The van der Waals surface area contributed by atoms with Crippen molar-refractivity contribution < 1.29 is 19.4 Å². The van der Waals surface area contributed by atoms with Gasteiger partial charge in [0.15, 0.2) is 0 Å². The third kappa shape index (κ3) is 5.23. The predicted octanol–water partition coefficient (Wildman–Crippen LogP) is 2.96. The van der Waals surface area contributed by atoms with Gasteiger partial charge >= 0.3 is 12.1 Å². The number of amides is 1.